The summed E-state index contributed by atoms with van der Waals surface area (Å²) in [6.07, 6.45) is 0.935. The maximum Gasteiger partial charge on any atom is 0.256 e. The van der Waals surface area contributed by atoms with Gasteiger partial charge in [-0.05, 0) is 71.3 Å². The number of hydrogen-bond acceptors (Lipinski definition) is 4. The minimum Gasteiger partial charge on any atom is -0.385 e. The molecule has 1 saturated heterocycles. The quantitative estimate of drug-likeness (QED) is 0.340. The summed E-state index contributed by atoms with van der Waals surface area (Å²) in [6.45, 7) is 7.56. The van der Waals surface area contributed by atoms with Gasteiger partial charge >= 0.3 is 0 Å². The Balaban J connectivity index is 1.70. The first-order valence-corrected chi connectivity index (χ1v) is 11.4. The number of carbonyl (C=O) groups is 1. The molecule has 1 fully saturated rings. The monoisotopic (exact) mass is 561 g/mol. The van der Waals surface area contributed by atoms with Crippen molar-refractivity contribution < 1.29 is 23.1 Å². The van der Waals surface area contributed by atoms with Gasteiger partial charge in [0.05, 0.1) is 30.0 Å². The van der Waals surface area contributed by atoms with Crippen molar-refractivity contribution in [3.8, 4) is 0 Å². The SMILES string of the molecule is CC(C)(C)CCNCC1(O)CN(C(=O)c2ccc(F)c(F)c2Nc2ccc(I)cc2F)C1. The molecule has 9 heteroatoms. The van der Waals surface area contributed by atoms with Crippen molar-refractivity contribution in [1.29, 1.82) is 0 Å². The van der Waals surface area contributed by atoms with Crippen LogP contribution < -0.4 is 10.6 Å². The van der Waals surface area contributed by atoms with E-state index in [1.165, 1.54) is 17.0 Å². The van der Waals surface area contributed by atoms with Gasteiger partial charge in [-0.15, -0.1) is 0 Å². The molecule has 0 saturated carbocycles. The van der Waals surface area contributed by atoms with Crippen LogP contribution in [0.25, 0.3) is 0 Å². The lowest BCUT2D eigenvalue weighted by Crippen LogP contribution is -2.67. The Hall–Kier alpha value is -1.85. The second kappa shape index (κ2) is 9.56. The highest BCUT2D eigenvalue weighted by Crippen LogP contribution is 2.31. The summed E-state index contributed by atoms with van der Waals surface area (Å²) < 4.78 is 43.3. The third kappa shape index (κ3) is 5.93. The molecule has 32 heavy (non-hydrogen) atoms. The minimum absolute atomic E-state index is 0.0602. The van der Waals surface area contributed by atoms with Crippen LogP contribution in [0.3, 0.4) is 0 Å². The highest BCUT2D eigenvalue weighted by molar-refractivity contribution is 14.1. The summed E-state index contributed by atoms with van der Waals surface area (Å²) in [7, 11) is 0. The van der Waals surface area contributed by atoms with Gasteiger partial charge in [0.1, 0.15) is 11.4 Å². The lowest BCUT2D eigenvalue weighted by molar-refractivity contribution is -0.0786. The van der Waals surface area contributed by atoms with E-state index in [1.54, 1.807) is 6.07 Å². The number of hydrogen-bond donors (Lipinski definition) is 3. The van der Waals surface area contributed by atoms with Crippen LogP contribution in [0.2, 0.25) is 0 Å². The smallest absolute Gasteiger partial charge is 0.256 e. The number of halogens is 4. The number of anilines is 2. The summed E-state index contributed by atoms with van der Waals surface area (Å²) in [5.41, 5.74) is -1.56. The van der Waals surface area contributed by atoms with Gasteiger partial charge in [0.2, 0.25) is 0 Å². The van der Waals surface area contributed by atoms with Gasteiger partial charge in [-0.2, -0.15) is 0 Å². The summed E-state index contributed by atoms with van der Waals surface area (Å²) in [6, 6.07) is 6.25. The predicted octanol–water partition coefficient (Wildman–Crippen LogP) is 4.66. The van der Waals surface area contributed by atoms with Crippen molar-refractivity contribution in [2.75, 3.05) is 31.5 Å². The van der Waals surface area contributed by atoms with Crippen molar-refractivity contribution in [2.45, 2.75) is 32.8 Å². The second-order valence-corrected chi connectivity index (χ2v) is 10.7. The Labute approximate surface area is 199 Å². The van der Waals surface area contributed by atoms with E-state index in [-0.39, 0.29) is 29.8 Å². The zero-order valence-electron chi connectivity index (χ0n) is 18.2. The molecule has 1 amide bonds. The van der Waals surface area contributed by atoms with E-state index in [2.05, 4.69) is 31.4 Å². The van der Waals surface area contributed by atoms with E-state index in [0.717, 1.165) is 25.1 Å². The molecule has 0 unspecified atom stereocenters. The molecule has 0 atom stereocenters. The van der Waals surface area contributed by atoms with E-state index in [0.29, 0.717) is 10.1 Å². The van der Waals surface area contributed by atoms with Crippen molar-refractivity contribution >= 4 is 39.9 Å². The normalized spacial score (nSPS) is 15.4. The lowest BCUT2D eigenvalue weighted by atomic mass is 9.91. The molecule has 1 aliphatic heterocycles. The van der Waals surface area contributed by atoms with E-state index in [4.69, 9.17) is 0 Å². The van der Waals surface area contributed by atoms with Gasteiger partial charge < -0.3 is 20.6 Å². The Morgan fingerprint density at radius 2 is 1.84 bits per heavy atom. The number of amides is 1. The number of nitrogens with one attached hydrogen (secondary N) is 2. The third-order valence-electron chi connectivity index (χ3n) is 5.28. The van der Waals surface area contributed by atoms with Crippen LogP contribution in [-0.2, 0) is 0 Å². The number of benzene rings is 2. The molecule has 3 rings (SSSR count). The molecule has 0 bridgehead atoms. The first-order valence-electron chi connectivity index (χ1n) is 10.3. The first-order chi connectivity index (χ1) is 14.9. The molecule has 174 valence electrons. The third-order valence-corrected chi connectivity index (χ3v) is 5.95. The maximum absolute atomic E-state index is 14.6. The van der Waals surface area contributed by atoms with Crippen LogP contribution >= 0.6 is 22.6 Å². The number of rotatable bonds is 7. The van der Waals surface area contributed by atoms with Crippen LogP contribution in [0.5, 0.6) is 0 Å². The topological polar surface area (TPSA) is 64.6 Å². The number of nitrogens with zero attached hydrogens (tertiary/aromatic N) is 1. The molecule has 3 N–H and O–H groups in total. The van der Waals surface area contributed by atoms with Crippen LogP contribution in [0, 0.1) is 26.4 Å². The zero-order chi connectivity index (χ0) is 23.7. The Morgan fingerprint density at radius 1 is 1.16 bits per heavy atom. The molecule has 2 aromatic carbocycles. The molecule has 0 spiro atoms. The highest BCUT2D eigenvalue weighted by Gasteiger charge is 2.44. The van der Waals surface area contributed by atoms with Crippen molar-refractivity contribution in [2.24, 2.45) is 5.41 Å². The zero-order valence-corrected chi connectivity index (χ0v) is 20.4. The molecular weight excluding hydrogens is 534 g/mol. The van der Waals surface area contributed by atoms with Crippen LogP contribution in [0.15, 0.2) is 30.3 Å². The highest BCUT2D eigenvalue weighted by atomic mass is 127. The van der Waals surface area contributed by atoms with Gasteiger partial charge in [0.25, 0.3) is 5.91 Å². The van der Waals surface area contributed by atoms with Gasteiger partial charge in [-0.1, -0.05) is 20.8 Å². The van der Waals surface area contributed by atoms with Gasteiger partial charge in [0.15, 0.2) is 11.6 Å². The fourth-order valence-electron chi connectivity index (χ4n) is 3.45. The fourth-order valence-corrected chi connectivity index (χ4v) is 3.90. The number of aliphatic hydroxyl groups is 1. The van der Waals surface area contributed by atoms with Gasteiger partial charge in [-0.25, -0.2) is 13.2 Å². The minimum atomic E-state index is -1.27. The molecule has 0 aliphatic carbocycles. The average molecular weight is 561 g/mol. The molecule has 2 aromatic rings. The second-order valence-electron chi connectivity index (χ2n) is 9.41. The standard InChI is InChI=1S/C23H27F3IN3O2/c1-22(2,3)8-9-28-11-23(32)12-30(13-23)21(31)15-5-6-16(24)19(26)20(15)29-18-7-4-14(27)10-17(18)25/h4-7,10,28-29,32H,8-9,11-13H2,1-3H3. The number of likely N-dealkylation sites (tertiary alicyclic amines) is 1. The van der Waals surface area contributed by atoms with Crippen molar-refractivity contribution in [1.82, 2.24) is 10.2 Å². The van der Waals surface area contributed by atoms with Crippen LogP contribution in [0.4, 0.5) is 24.5 Å². The molecule has 5 nitrogen and oxygen atoms in total. The molecule has 0 aromatic heterocycles. The van der Waals surface area contributed by atoms with Crippen LogP contribution in [-0.4, -0.2) is 47.7 Å². The summed E-state index contributed by atoms with van der Waals surface area (Å²) >= 11 is 1.93. The average Bonchev–Trinajstić information content (AvgIpc) is 2.67. The fraction of sp³-hybridized carbons (Fsp3) is 0.435. The number of β-amino-alcohol motifs (C(OH)–C–C–N with tert-alkyl or cyclic N) is 1. The number of carbonyl (C=O) groups excluding carboxylic acids is 1. The van der Waals surface area contributed by atoms with E-state index in [1.807, 2.05) is 22.6 Å². The Bertz CT molecular complexity index is 1000. The molecule has 0 radical (unpaired) electrons. The largest absolute Gasteiger partial charge is 0.385 e. The summed E-state index contributed by atoms with van der Waals surface area (Å²) in [5.74, 6) is -3.65. The summed E-state index contributed by atoms with van der Waals surface area (Å²) in [5, 5.41) is 16.3. The summed E-state index contributed by atoms with van der Waals surface area (Å²) in [4.78, 5) is 14.3. The lowest BCUT2D eigenvalue weighted by Gasteiger charge is -2.46. The Kier molecular flexibility index (Phi) is 7.41. The molecule has 1 aliphatic rings. The van der Waals surface area contributed by atoms with Gasteiger partial charge in [-0.3, -0.25) is 4.79 Å². The molecular formula is C23H27F3IN3O2. The van der Waals surface area contributed by atoms with Crippen LogP contribution in [0.1, 0.15) is 37.6 Å². The first kappa shape index (κ1) is 24.8. The Morgan fingerprint density at radius 3 is 2.47 bits per heavy atom. The van der Waals surface area contributed by atoms with Crippen molar-refractivity contribution in [3.63, 3.8) is 0 Å². The molecule has 1 heterocycles. The maximum atomic E-state index is 14.6. The van der Waals surface area contributed by atoms with E-state index < -0.39 is 34.6 Å². The van der Waals surface area contributed by atoms with Crippen molar-refractivity contribution in [3.05, 3.63) is 56.9 Å². The van der Waals surface area contributed by atoms with E-state index in [9.17, 15) is 23.1 Å². The van der Waals surface area contributed by atoms with E-state index >= 15 is 0 Å². The predicted molar refractivity (Wildman–Crippen MR) is 127 cm³/mol. The van der Waals surface area contributed by atoms with Gasteiger partial charge in [0, 0.05) is 10.1 Å².